The minimum Gasteiger partial charge on any atom is -0.489 e. The van der Waals surface area contributed by atoms with Gasteiger partial charge in [-0.2, -0.15) is 0 Å². The molecule has 1 heterocycles. The highest BCUT2D eigenvalue weighted by Gasteiger charge is 2.15. The molecule has 1 saturated heterocycles. The molecular formula is C13H17NO3. The minimum atomic E-state index is -0.223. The van der Waals surface area contributed by atoms with E-state index in [0.717, 1.165) is 30.8 Å². The van der Waals surface area contributed by atoms with Crippen LogP contribution < -0.4 is 10.1 Å². The second-order valence-electron chi connectivity index (χ2n) is 4.13. The lowest BCUT2D eigenvalue weighted by atomic mass is 10.1. The van der Waals surface area contributed by atoms with Crippen molar-refractivity contribution in [2.75, 3.05) is 20.2 Å². The van der Waals surface area contributed by atoms with Gasteiger partial charge in [-0.05, 0) is 30.7 Å². The van der Waals surface area contributed by atoms with Crippen LogP contribution in [0.15, 0.2) is 24.3 Å². The van der Waals surface area contributed by atoms with Gasteiger partial charge in [0.15, 0.2) is 0 Å². The first-order valence-corrected chi connectivity index (χ1v) is 5.81. The molecular weight excluding hydrogens is 218 g/mol. The van der Waals surface area contributed by atoms with Gasteiger partial charge in [-0.15, -0.1) is 0 Å². The third-order valence-corrected chi connectivity index (χ3v) is 2.82. The number of methoxy groups -OCH3 is 1. The first kappa shape index (κ1) is 11.9. The Bertz CT molecular complexity index is 369. The smallest absolute Gasteiger partial charge is 0.309 e. The fourth-order valence-corrected chi connectivity index (χ4v) is 1.85. The maximum Gasteiger partial charge on any atom is 0.309 e. The van der Waals surface area contributed by atoms with Crippen molar-refractivity contribution in [1.29, 1.82) is 0 Å². The normalized spacial score (nSPS) is 19.0. The topological polar surface area (TPSA) is 47.6 Å². The Labute approximate surface area is 101 Å². The number of rotatable bonds is 4. The van der Waals surface area contributed by atoms with Crippen LogP contribution in [0.4, 0.5) is 0 Å². The van der Waals surface area contributed by atoms with Crippen molar-refractivity contribution in [3.05, 3.63) is 29.8 Å². The van der Waals surface area contributed by atoms with Gasteiger partial charge in [-0.25, -0.2) is 0 Å². The molecule has 1 N–H and O–H groups in total. The van der Waals surface area contributed by atoms with E-state index < -0.39 is 0 Å². The maximum absolute atomic E-state index is 11.1. The third-order valence-electron chi connectivity index (χ3n) is 2.82. The molecule has 2 rings (SSSR count). The van der Waals surface area contributed by atoms with Crippen molar-refractivity contribution in [1.82, 2.24) is 5.32 Å². The summed E-state index contributed by atoms with van der Waals surface area (Å²) in [6.45, 7) is 1.93. The number of nitrogens with one attached hydrogen (secondary N) is 1. The van der Waals surface area contributed by atoms with E-state index >= 15 is 0 Å². The summed E-state index contributed by atoms with van der Waals surface area (Å²) in [5.74, 6) is 0.631. The van der Waals surface area contributed by atoms with Crippen LogP contribution >= 0.6 is 0 Å². The number of carbonyl (C=O) groups excluding carboxylic acids is 1. The Hall–Kier alpha value is -1.55. The number of carbonyl (C=O) groups is 1. The number of ether oxygens (including phenoxy) is 2. The fraction of sp³-hybridized carbons (Fsp3) is 0.462. The van der Waals surface area contributed by atoms with Crippen LogP contribution in [0.1, 0.15) is 12.0 Å². The largest absolute Gasteiger partial charge is 0.489 e. The van der Waals surface area contributed by atoms with Crippen molar-refractivity contribution >= 4 is 5.97 Å². The summed E-state index contributed by atoms with van der Waals surface area (Å²) in [7, 11) is 1.40. The van der Waals surface area contributed by atoms with Crippen LogP contribution in [0.25, 0.3) is 0 Å². The highest BCUT2D eigenvalue weighted by molar-refractivity contribution is 5.72. The second-order valence-corrected chi connectivity index (χ2v) is 4.13. The molecule has 1 aliphatic heterocycles. The lowest BCUT2D eigenvalue weighted by Gasteiger charge is -2.12. The van der Waals surface area contributed by atoms with Gasteiger partial charge in [-0.1, -0.05) is 12.1 Å². The van der Waals surface area contributed by atoms with E-state index in [-0.39, 0.29) is 12.1 Å². The number of hydrogen-bond acceptors (Lipinski definition) is 4. The van der Waals surface area contributed by atoms with Gasteiger partial charge in [0.25, 0.3) is 0 Å². The Morgan fingerprint density at radius 1 is 1.41 bits per heavy atom. The zero-order valence-corrected chi connectivity index (χ0v) is 9.94. The molecule has 1 aromatic carbocycles. The molecule has 0 amide bonds. The molecule has 0 saturated carbocycles. The monoisotopic (exact) mass is 235 g/mol. The summed E-state index contributed by atoms with van der Waals surface area (Å²) < 4.78 is 10.4. The quantitative estimate of drug-likeness (QED) is 0.795. The summed E-state index contributed by atoms with van der Waals surface area (Å²) in [6.07, 6.45) is 1.62. The summed E-state index contributed by atoms with van der Waals surface area (Å²) in [4.78, 5) is 11.1. The predicted octanol–water partition coefficient (Wildman–Crippen LogP) is 1.14. The van der Waals surface area contributed by atoms with Crippen molar-refractivity contribution in [3.8, 4) is 5.75 Å². The minimum absolute atomic E-state index is 0.223. The molecule has 1 aliphatic rings. The summed E-state index contributed by atoms with van der Waals surface area (Å²) in [5.41, 5.74) is 0.939. The molecule has 4 heteroatoms. The van der Waals surface area contributed by atoms with Gasteiger partial charge in [0.2, 0.25) is 0 Å². The zero-order chi connectivity index (χ0) is 12.1. The van der Waals surface area contributed by atoms with Crippen molar-refractivity contribution in [3.63, 3.8) is 0 Å². The molecule has 1 fully saturated rings. The Morgan fingerprint density at radius 2 is 2.18 bits per heavy atom. The number of benzene rings is 1. The molecule has 1 aromatic rings. The van der Waals surface area contributed by atoms with Crippen LogP contribution in [-0.2, 0) is 16.0 Å². The van der Waals surface area contributed by atoms with Crippen LogP contribution in [0, 0.1) is 0 Å². The highest BCUT2D eigenvalue weighted by Crippen LogP contribution is 2.16. The highest BCUT2D eigenvalue weighted by atomic mass is 16.5. The maximum atomic E-state index is 11.1. The zero-order valence-electron chi connectivity index (χ0n) is 9.94. The fourth-order valence-electron chi connectivity index (χ4n) is 1.85. The van der Waals surface area contributed by atoms with E-state index in [1.54, 1.807) is 0 Å². The summed E-state index contributed by atoms with van der Waals surface area (Å²) in [6, 6.07) is 7.59. The molecule has 0 spiro atoms. The third kappa shape index (κ3) is 3.46. The van der Waals surface area contributed by atoms with E-state index in [2.05, 4.69) is 10.1 Å². The Balaban J connectivity index is 1.90. The number of esters is 1. The molecule has 92 valence electrons. The molecule has 0 radical (unpaired) electrons. The summed E-state index contributed by atoms with van der Waals surface area (Å²) >= 11 is 0. The SMILES string of the molecule is COC(=O)Cc1ccc(OC2CCNC2)cc1. The lowest BCUT2D eigenvalue weighted by molar-refractivity contribution is -0.139. The molecule has 0 bridgehead atoms. The van der Waals surface area contributed by atoms with E-state index in [1.165, 1.54) is 7.11 Å². The Kier molecular flexibility index (Phi) is 3.98. The molecule has 17 heavy (non-hydrogen) atoms. The molecule has 0 aromatic heterocycles. The van der Waals surface area contributed by atoms with Gasteiger partial charge in [0, 0.05) is 6.54 Å². The molecule has 4 nitrogen and oxygen atoms in total. The van der Waals surface area contributed by atoms with Crippen LogP contribution in [0.3, 0.4) is 0 Å². The summed E-state index contributed by atoms with van der Waals surface area (Å²) in [5, 5.41) is 3.25. The van der Waals surface area contributed by atoms with Gasteiger partial charge in [-0.3, -0.25) is 4.79 Å². The van der Waals surface area contributed by atoms with Crippen molar-refractivity contribution in [2.24, 2.45) is 0 Å². The lowest BCUT2D eigenvalue weighted by Crippen LogP contribution is -2.19. The van der Waals surface area contributed by atoms with Crippen LogP contribution in [0.5, 0.6) is 5.75 Å². The van der Waals surface area contributed by atoms with E-state index in [9.17, 15) is 4.79 Å². The molecule has 1 atom stereocenters. The second kappa shape index (κ2) is 5.68. The predicted molar refractivity (Wildman–Crippen MR) is 64.1 cm³/mol. The van der Waals surface area contributed by atoms with Gasteiger partial charge >= 0.3 is 5.97 Å². The van der Waals surface area contributed by atoms with Crippen LogP contribution in [-0.4, -0.2) is 32.3 Å². The Morgan fingerprint density at radius 3 is 2.76 bits per heavy atom. The average molecular weight is 235 g/mol. The van der Waals surface area contributed by atoms with Crippen molar-refractivity contribution in [2.45, 2.75) is 18.9 Å². The van der Waals surface area contributed by atoms with E-state index in [4.69, 9.17) is 4.74 Å². The first-order valence-electron chi connectivity index (χ1n) is 5.81. The standard InChI is InChI=1S/C13H17NO3/c1-16-13(15)8-10-2-4-11(5-3-10)17-12-6-7-14-9-12/h2-5,12,14H,6-9H2,1H3. The van der Waals surface area contributed by atoms with Gasteiger partial charge < -0.3 is 14.8 Å². The molecule has 0 aliphatic carbocycles. The van der Waals surface area contributed by atoms with Crippen molar-refractivity contribution < 1.29 is 14.3 Å². The van der Waals surface area contributed by atoms with E-state index in [1.807, 2.05) is 24.3 Å². The van der Waals surface area contributed by atoms with Crippen LogP contribution in [0.2, 0.25) is 0 Å². The number of hydrogen-bond donors (Lipinski definition) is 1. The van der Waals surface area contributed by atoms with Gasteiger partial charge in [0.05, 0.1) is 13.5 Å². The average Bonchev–Trinajstić information content (AvgIpc) is 2.84. The van der Waals surface area contributed by atoms with E-state index in [0.29, 0.717) is 6.42 Å². The molecule has 1 unspecified atom stereocenters. The van der Waals surface area contributed by atoms with Gasteiger partial charge in [0.1, 0.15) is 11.9 Å². The first-order chi connectivity index (χ1) is 8.28.